The van der Waals surface area contributed by atoms with Gasteiger partial charge in [0.2, 0.25) is 0 Å². The van der Waals surface area contributed by atoms with E-state index in [0.29, 0.717) is 17.8 Å². The van der Waals surface area contributed by atoms with Crippen LogP contribution >= 0.6 is 11.6 Å². The molecule has 1 aromatic heterocycles. The highest BCUT2D eigenvalue weighted by molar-refractivity contribution is 6.32. The summed E-state index contributed by atoms with van der Waals surface area (Å²) >= 11 is 5.86. The molecule has 0 aliphatic carbocycles. The van der Waals surface area contributed by atoms with Crippen LogP contribution in [0.25, 0.3) is 11.3 Å². The number of rotatable bonds is 3. The Kier molecular flexibility index (Phi) is 3.84. The maximum absolute atomic E-state index is 13.7. The number of nitrogens with zero attached hydrogens (tertiary/aromatic N) is 3. The lowest BCUT2D eigenvalue weighted by molar-refractivity contribution is 0.502. The third kappa shape index (κ3) is 2.60. The number of halogens is 2. The van der Waals surface area contributed by atoms with Gasteiger partial charge in [-0.25, -0.2) is 4.39 Å². The number of hydrogen-bond acceptors (Lipinski definition) is 3. The van der Waals surface area contributed by atoms with Crippen LogP contribution in [0.3, 0.4) is 0 Å². The third-order valence-electron chi connectivity index (χ3n) is 2.85. The van der Waals surface area contributed by atoms with Crippen molar-refractivity contribution < 1.29 is 4.39 Å². The fourth-order valence-electron chi connectivity index (χ4n) is 1.67. The molecule has 0 radical (unpaired) electrons. The van der Waals surface area contributed by atoms with E-state index in [-0.39, 0.29) is 16.6 Å². The Bertz CT molecular complexity index is 621. The van der Waals surface area contributed by atoms with Crippen LogP contribution in [-0.4, -0.2) is 16.3 Å². The first kappa shape index (κ1) is 13.5. The Balaban J connectivity index is 2.43. The Hall–Kier alpha value is -1.90. The molecule has 0 saturated carbocycles. The molecule has 1 aromatic carbocycles. The van der Waals surface area contributed by atoms with Crippen molar-refractivity contribution in [1.82, 2.24) is 9.78 Å². The first-order valence-electron chi connectivity index (χ1n) is 5.71. The van der Waals surface area contributed by atoms with Crippen LogP contribution in [0.1, 0.15) is 18.5 Å². The molecular formula is C13H12ClFN4. The van der Waals surface area contributed by atoms with Crippen LogP contribution in [0.5, 0.6) is 0 Å². The number of nitrogens with two attached hydrogens (primary N) is 1. The summed E-state index contributed by atoms with van der Waals surface area (Å²) in [7, 11) is 0. The SMILES string of the molecule is CC(CN)n1ccc(-c2cc(F)c(C#N)c(Cl)c2)n1. The zero-order valence-electron chi connectivity index (χ0n) is 10.3. The summed E-state index contributed by atoms with van der Waals surface area (Å²) in [5, 5.41) is 13.2. The minimum Gasteiger partial charge on any atom is -0.328 e. The normalized spacial score (nSPS) is 12.2. The molecule has 2 aromatic rings. The average molecular weight is 279 g/mol. The molecule has 0 aliphatic rings. The molecule has 0 bridgehead atoms. The van der Waals surface area contributed by atoms with Crippen LogP contribution < -0.4 is 5.73 Å². The average Bonchev–Trinajstić information content (AvgIpc) is 2.87. The van der Waals surface area contributed by atoms with Crippen molar-refractivity contribution in [1.29, 1.82) is 5.26 Å². The van der Waals surface area contributed by atoms with Crippen molar-refractivity contribution in [2.45, 2.75) is 13.0 Å². The van der Waals surface area contributed by atoms with E-state index in [4.69, 9.17) is 22.6 Å². The lowest BCUT2D eigenvalue weighted by Crippen LogP contribution is -2.16. The number of hydrogen-bond donors (Lipinski definition) is 1. The quantitative estimate of drug-likeness (QED) is 0.939. The molecule has 1 heterocycles. The third-order valence-corrected chi connectivity index (χ3v) is 3.15. The van der Waals surface area contributed by atoms with Gasteiger partial charge in [0.15, 0.2) is 0 Å². The van der Waals surface area contributed by atoms with Gasteiger partial charge in [-0.05, 0) is 25.1 Å². The molecule has 2 N–H and O–H groups in total. The maximum Gasteiger partial charge on any atom is 0.143 e. The minimum atomic E-state index is -0.647. The van der Waals surface area contributed by atoms with Crippen molar-refractivity contribution in [3.8, 4) is 17.3 Å². The standard InChI is InChI=1S/C13H12ClFN4/c1-8(6-16)19-3-2-13(18-19)9-4-11(14)10(7-17)12(15)5-9/h2-5,8H,6,16H2,1H3. The molecule has 0 aliphatic heterocycles. The topological polar surface area (TPSA) is 67.6 Å². The maximum atomic E-state index is 13.7. The van der Waals surface area contributed by atoms with Crippen molar-refractivity contribution in [3.05, 3.63) is 40.8 Å². The van der Waals surface area contributed by atoms with E-state index in [1.807, 2.05) is 6.92 Å². The Morgan fingerprint density at radius 2 is 2.32 bits per heavy atom. The molecule has 19 heavy (non-hydrogen) atoms. The van der Waals surface area contributed by atoms with E-state index in [1.165, 1.54) is 12.1 Å². The molecule has 1 unspecified atom stereocenters. The Labute approximate surface area is 115 Å². The summed E-state index contributed by atoms with van der Waals surface area (Å²) in [4.78, 5) is 0. The number of benzene rings is 1. The van der Waals surface area contributed by atoms with E-state index in [9.17, 15) is 4.39 Å². The highest BCUT2D eigenvalue weighted by Crippen LogP contribution is 2.27. The van der Waals surface area contributed by atoms with E-state index in [2.05, 4.69) is 5.10 Å². The molecule has 0 amide bonds. The van der Waals surface area contributed by atoms with Gasteiger partial charge in [0.1, 0.15) is 17.4 Å². The Morgan fingerprint density at radius 3 is 2.89 bits per heavy atom. The summed E-state index contributed by atoms with van der Waals surface area (Å²) in [6.45, 7) is 2.40. The fraction of sp³-hybridized carbons (Fsp3) is 0.231. The van der Waals surface area contributed by atoms with Crippen LogP contribution in [0, 0.1) is 17.1 Å². The molecule has 98 valence electrons. The zero-order chi connectivity index (χ0) is 14.0. The molecular weight excluding hydrogens is 267 g/mol. The van der Waals surface area contributed by atoms with E-state index in [1.54, 1.807) is 23.0 Å². The van der Waals surface area contributed by atoms with Gasteiger partial charge in [0.25, 0.3) is 0 Å². The summed E-state index contributed by atoms with van der Waals surface area (Å²) in [5.74, 6) is -0.647. The van der Waals surface area contributed by atoms with Gasteiger partial charge in [-0.2, -0.15) is 10.4 Å². The van der Waals surface area contributed by atoms with Gasteiger partial charge in [-0.15, -0.1) is 0 Å². The molecule has 2 rings (SSSR count). The van der Waals surface area contributed by atoms with Gasteiger partial charge in [-0.1, -0.05) is 11.6 Å². The number of aromatic nitrogens is 2. The van der Waals surface area contributed by atoms with Gasteiger partial charge < -0.3 is 5.73 Å². The zero-order valence-corrected chi connectivity index (χ0v) is 11.0. The minimum absolute atomic E-state index is 0.0625. The predicted molar refractivity (Wildman–Crippen MR) is 71.1 cm³/mol. The van der Waals surface area contributed by atoms with Crippen LogP contribution in [0.4, 0.5) is 4.39 Å². The molecule has 6 heteroatoms. The van der Waals surface area contributed by atoms with Gasteiger partial charge in [-0.3, -0.25) is 4.68 Å². The smallest absolute Gasteiger partial charge is 0.143 e. The lowest BCUT2D eigenvalue weighted by atomic mass is 10.1. The van der Waals surface area contributed by atoms with E-state index >= 15 is 0 Å². The second-order valence-electron chi connectivity index (χ2n) is 4.19. The van der Waals surface area contributed by atoms with E-state index in [0.717, 1.165) is 0 Å². The van der Waals surface area contributed by atoms with Crippen LogP contribution in [0.2, 0.25) is 5.02 Å². The van der Waals surface area contributed by atoms with Gasteiger partial charge in [0.05, 0.1) is 16.8 Å². The molecule has 4 nitrogen and oxygen atoms in total. The molecule has 1 atom stereocenters. The summed E-state index contributed by atoms with van der Waals surface area (Å²) in [6, 6.07) is 6.33. The van der Waals surface area contributed by atoms with Crippen molar-refractivity contribution in [2.75, 3.05) is 6.54 Å². The second kappa shape index (κ2) is 5.39. The summed E-state index contributed by atoms with van der Waals surface area (Å²) in [6.07, 6.45) is 1.77. The highest BCUT2D eigenvalue weighted by Gasteiger charge is 2.12. The summed E-state index contributed by atoms with van der Waals surface area (Å²) < 4.78 is 15.4. The second-order valence-corrected chi connectivity index (χ2v) is 4.60. The lowest BCUT2D eigenvalue weighted by Gasteiger charge is -2.08. The van der Waals surface area contributed by atoms with Crippen molar-refractivity contribution >= 4 is 11.6 Å². The highest BCUT2D eigenvalue weighted by atomic mass is 35.5. The largest absolute Gasteiger partial charge is 0.328 e. The number of nitriles is 1. The monoisotopic (exact) mass is 278 g/mol. The Morgan fingerprint density at radius 1 is 1.58 bits per heavy atom. The predicted octanol–water partition coefficient (Wildman–Crippen LogP) is 2.73. The van der Waals surface area contributed by atoms with Gasteiger partial charge in [0, 0.05) is 18.3 Å². The molecule has 0 saturated heterocycles. The first-order chi connectivity index (χ1) is 9.06. The van der Waals surface area contributed by atoms with Crippen molar-refractivity contribution in [3.63, 3.8) is 0 Å². The van der Waals surface area contributed by atoms with Crippen molar-refractivity contribution in [2.24, 2.45) is 5.73 Å². The first-order valence-corrected chi connectivity index (χ1v) is 6.09. The summed E-state index contributed by atoms with van der Waals surface area (Å²) in [5.41, 5.74) is 6.53. The molecule has 0 spiro atoms. The van der Waals surface area contributed by atoms with E-state index < -0.39 is 5.82 Å². The van der Waals surface area contributed by atoms with Crippen LogP contribution in [-0.2, 0) is 0 Å². The van der Waals surface area contributed by atoms with Gasteiger partial charge >= 0.3 is 0 Å². The van der Waals surface area contributed by atoms with Crippen LogP contribution in [0.15, 0.2) is 24.4 Å². The fourth-order valence-corrected chi connectivity index (χ4v) is 1.92. The molecule has 0 fully saturated rings.